The standard InChI is InChI=1S/C13H18N4O2/c1-14-12(11-7-19-5-4-15-11)8-2-3-9-10(6-8)17-13(18)16-9/h2-3,6,11-12,14-15H,4-5,7H2,1H3,(H2,16,17,18). The normalized spacial score (nSPS) is 21.6. The van der Waals surface area contributed by atoms with Crippen molar-refractivity contribution in [3.63, 3.8) is 0 Å². The van der Waals surface area contributed by atoms with Crippen LogP contribution in [0.25, 0.3) is 11.0 Å². The predicted octanol–water partition coefficient (Wildman–Crippen LogP) is 0.105. The van der Waals surface area contributed by atoms with Crippen LogP contribution in [0.15, 0.2) is 23.0 Å². The van der Waals surface area contributed by atoms with Crippen molar-refractivity contribution in [3.8, 4) is 0 Å². The van der Waals surface area contributed by atoms with Crippen molar-refractivity contribution in [2.45, 2.75) is 12.1 Å². The maximum atomic E-state index is 11.3. The zero-order chi connectivity index (χ0) is 13.2. The summed E-state index contributed by atoms with van der Waals surface area (Å²) in [4.78, 5) is 16.8. The summed E-state index contributed by atoms with van der Waals surface area (Å²) in [6.07, 6.45) is 0. The summed E-state index contributed by atoms with van der Waals surface area (Å²) in [5.74, 6) is 0. The highest BCUT2D eigenvalue weighted by Gasteiger charge is 2.24. The predicted molar refractivity (Wildman–Crippen MR) is 73.3 cm³/mol. The van der Waals surface area contributed by atoms with Gasteiger partial charge in [0.05, 0.1) is 30.3 Å². The summed E-state index contributed by atoms with van der Waals surface area (Å²) in [6, 6.07) is 6.36. The number of benzene rings is 1. The molecule has 1 aromatic heterocycles. The molecule has 6 heteroatoms. The fourth-order valence-corrected chi connectivity index (χ4v) is 2.64. The van der Waals surface area contributed by atoms with E-state index >= 15 is 0 Å². The molecule has 1 aliphatic rings. The maximum absolute atomic E-state index is 11.3. The molecule has 0 radical (unpaired) electrons. The van der Waals surface area contributed by atoms with Gasteiger partial charge in [-0.15, -0.1) is 0 Å². The van der Waals surface area contributed by atoms with Gasteiger partial charge >= 0.3 is 5.69 Å². The first kappa shape index (κ1) is 12.4. The van der Waals surface area contributed by atoms with Crippen LogP contribution in [0.2, 0.25) is 0 Å². The van der Waals surface area contributed by atoms with Crippen molar-refractivity contribution in [1.82, 2.24) is 20.6 Å². The van der Waals surface area contributed by atoms with Crippen molar-refractivity contribution >= 4 is 11.0 Å². The number of fused-ring (bicyclic) bond motifs is 1. The molecule has 1 aromatic carbocycles. The first-order valence-electron chi connectivity index (χ1n) is 6.48. The molecule has 19 heavy (non-hydrogen) atoms. The van der Waals surface area contributed by atoms with Crippen LogP contribution in [0.1, 0.15) is 11.6 Å². The minimum absolute atomic E-state index is 0.156. The molecule has 0 bridgehead atoms. The number of imidazole rings is 1. The Bertz CT molecular complexity index is 612. The highest BCUT2D eigenvalue weighted by molar-refractivity contribution is 5.75. The Morgan fingerprint density at radius 2 is 2.21 bits per heavy atom. The molecule has 2 heterocycles. The monoisotopic (exact) mass is 262 g/mol. The lowest BCUT2D eigenvalue weighted by Gasteiger charge is -2.31. The molecule has 2 unspecified atom stereocenters. The van der Waals surface area contributed by atoms with E-state index in [1.165, 1.54) is 0 Å². The van der Waals surface area contributed by atoms with E-state index in [2.05, 4.69) is 20.6 Å². The summed E-state index contributed by atoms with van der Waals surface area (Å²) >= 11 is 0. The Hall–Kier alpha value is -1.63. The average molecular weight is 262 g/mol. The molecule has 102 valence electrons. The number of aromatic amines is 2. The Balaban J connectivity index is 1.93. The second-order valence-corrected chi connectivity index (χ2v) is 4.79. The van der Waals surface area contributed by atoms with Crippen LogP contribution >= 0.6 is 0 Å². The van der Waals surface area contributed by atoms with Crippen LogP contribution in [0, 0.1) is 0 Å². The highest BCUT2D eigenvalue weighted by atomic mass is 16.5. The van der Waals surface area contributed by atoms with Crippen molar-refractivity contribution in [1.29, 1.82) is 0 Å². The van der Waals surface area contributed by atoms with Gasteiger partial charge < -0.3 is 25.3 Å². The first-order chi connectivity index (χ1) is 9.28. The summed E-state index contributed by atoms with van der Waals surface area (Å²) in [7, 11) is 1.94. The second kappa shape index (κ2) is 5.16. The molecule has 1 fully saturated rings. The molecule has 1 saturated heterocycles. The molecule has 6 nitrogen and oxygen atoms in total. The van der Waals surface area contributed by atoms with E-state index in [1.807, 2.05) is 25.2 Å². The van der Waals surface area contributed by atoms with Crippen LogP contribution in [-0.2, 0) is 4.74 Å². The van der Waals surface area contributed by atoms with Crippen LogP contribution < -0.4 is 16.3 Å². The fourth-order valence-electron chi connectivity index (χ4n) is 2.64. The van der Waals surface area contributed by atoms with Crippen LogP contribution in [0.3, 0.4) is 0 Å². The van der Waals surface area contributed by atoms with Gasteiger partial charge in [-0.05, 0) is 24.7 Å². The van der Waals surface area contributed by atoms with Crippen LogP contribution in [0.4, 0.5) is 0 Å². The number of rotatable bonds is 3. The highest BCUT2D eigenvalue weighted by Crippen LogP contribution is 2.21. The van der Waals surface area contributed by atoms with E-state index in [0.29, 0.717) is 6.61 Å². The van der Waals surface area contributed by atoms with Gasteiger partial charge in [0.2, 0.25) is 0 Å². The smallest absolute Gasteiger partial charge is 0.323 e. The summed E-state index contributed by atoms with van der Waals surface area (Å²) in [6.45, 7) is 2.32. The van der Waals surface area contributed by atoms with Gasteiger partial charge in [-0.25, -0.2) is 4.79 Å². The molecule has 0 spiro atoms. The number of H-pyrrole nitrogens is 2. The lowest BCUT2D eigenvalue weighted by Crippen LogP contribution is -2.48. The van der Waals surface area contributed by atoms with Gasteiger partial charge in [0.1, 0.15) is 0 Å². The number of aromatic nitrogens is 2. The number of ether oxygens (including phenoxy) is 1. The third-order valence-corrected chi connectivity index (χ3v) is 3.56. The molecular weight excluding hydrogens is 244 g/mol. The molecule has 0 aliphatic carbocycles. The topological polar surface area (TPSA) is 81.9 Å². The molecular formula is C13H18N4O2. The van der Waals surface area contributed by atoms with Gasteiger partial charge in [0, 0.05) is 12.6 Å². The van der Waals surface area contributed by atoms with Gasteiger partial charge in [-0.1, -0.05) is 6.07 Å². The molecule has 4 N–H and O–H groups in total. The fraction of sp³-hybridized carbons (Fsp3) is 0.462. The first-order valence-corrected chi connectivity index (χ1v) is 6.48. The van der Waals surface area contributed by atoms with E-state index in [-0.39, 0.29) is 17.8 Å². The van der Waals surface area contributed by atoms with E-state index in [0.717, 1.165) is 29.7 Å². The zero-order valence-corrected chi connectivity index (χ0v) is 10.8. The number of hydrogen-bond acceptors (Lipinski definition) is 4. The molecule has 1 aliphatic heterocycles. The molecule has 2 aromatic rings. The van der Waals surface area contributed by atoms with Crippen LogP contribution in [0.5, 0.6) is 0 Å². The third kappa shape index (κ3) is 2.42. The molecule has 0 saturated carbocycles. The number of morpholine rings is 1. The van der Waals surface area contributed by atoms with Gasteiger partial charge in [0.15, 0.2) is 0 Å². The summed E-state index contributed by atoms with van der Waals surface area (Å²) in [5, 5.41) is 6.77. The molecule has 0 amide bonds. The maximum Gasteiger partial charge on any atom is 0.323 e. The van der Waals surface area contributed by atoms with Crippen molar-refractivity contribution in [3.05, 3.63) is 34.2 Å². The van der Waals surface area contributed by atoms with Crippen molar-refractivity contribution < 1.29 is 4.74 Å². The van der Waals surface area contributed by atoms with E-state index in [1.54, 1.807) is 0 Å². The number of hydrogen-bond donors (Lipinski definition) is 4. The lowest BCUT2D eigenvalue weighted by atomic mass is 9.98. The zero-order valence-electron chi connectivity index (χ0n) is 10.8. The summed E-state index contributed by atoms with van der Waals surface area (Å²) < 4.78 is 5.51. The van der Waals surface area contributed by atoms with E-state index < -0.39 is 0 Å². The lowest BCUT2D eigenvalue weighted by molar-refractivity contribution is 0.0646. The SMILES string of the molecule is CNC(c1ccc2[nH]c(=O)[nH]c2c1)C1COCCN1. The van der Waals surface area contributed by atoms with Crippen molar-refractivity contribution in [2.24, 2.45) is 0 Å². The third-order valence-electron chi connectivity index (χ3n) is 3.56. The minimum Gasteiger partial charge on any atom is -0.378 e. The number of likely N-dealkylation sites (N-methyl/N-ethyl adjacent to an activating group) is 1. The quantitative estimate of drug-likeness (QED) is 0.632. The van der Waals surface area contributed by atoms with Gasteiger partial charge in [-0.3, -0.25) is 0 Å². The Morgan fingerprint density at radius 1 is 1.37 bits per heavy atom. The van der Waals surface area contributed by atoms with E-state index in [9.17, 15) is 4.79 Å². The Kier molecular flexibility index (Phi) is 3.37. The van der Waals surface area contributed by atoms with Gasteiger partial charge in [0.25, 0.3) is 0 Å². The number of nitrogens with one attached hydrogen (secondary N) is 4. The molecule has 2 atom stereocenters. The Labute approximate surface area is 110 Å². The van der Waals surface area contributed by atoms with Gasteiger partial charge in [-0.2, -0.15) is 0 Å². The second-order valence-electron chi connectivity index (χ2n) is 4.79. The largest absolute Gasteiger partial charge is 0.378 e. The Morgan fingerprint density at radius 3 is 2.95 bits per heavy atom. The minimum atomic E-state index is -0.174. The van der Waals surface area contributed by atoms with Crippen LogP contribution in [-0.4, -0.2) is 42.8 Å². The molecule has 3 rings (SSSR count). The van der Waals surface area contributed by atoms with Crippen molar-refractivity contribution in [2.75, 3.05) is 26.8 Å². The van der Waals surface area contributed by atoms with E-state index in [4.69, 9.17) is 4.74 Å². The summed E-state index contributed by atoms with van der Waals surface area (Å²) in [5.41, 5.74) is 2.62. The average Bonchev–Trinajstić information content (AvgIpc) is 2.80.